The number of benzene rings is 2. The zero-order valence-electron chi connectivity index (χ0n) is 36.1. The summed E-state index contributed by atoms with van der Waals surface area (Å²) in [6, 6.07) is 13.2. The molecule has 5 aromatic rings. The predicted octanol–water partition coefficient (Wildman–Crippen LogP) is 7.00. The van der Waals surface area contributed by atoms with Crippen LogP contribution in [-0.2, 0) is 28.7 Å². The van der Waals surface area contributed by atoms with Crippen molar-refractivity contribution in [2.24, 2.45) is 24.3 Å². The molecule has 334 valence electrons. The number of hydrogen-bond donors (Lipinski definition) is 3. The highest BCUT2D eigenvalue weighted by Gasteiger charge is 2.45. The number of imide groups is 1. The summed E-state index contributed by atoms with van der Waals surface area (Å²) in [7, 11) is 1.77. The summed E-state index contributed by atoms with van der Waals surface area (Å²) in [5.41, 5.74) is 3.14. The van der Waals surface area contributed by atoms with Gasteiger partial charge in [-0.2, -0.15) is 13.9 Å². The SMILES string of the molecule is Cn1c(=O)n(C2CCC(=O)NC2=O)c2cccc(CCC3CC4(CCN(CC5CCC(n6cc7cc(NC(=O)c8cccc(OC(F)F)n8)c(C(C)(C)O)cc7n6)CC5)CC4)C3)c21. The fraction of sp³-hybridized carbons (Fsp3) is 0.532. The van der Waals surface area contributed by atoms with Gasteiger partial charge in [-0.3, -0.25) is 33.5 Å². The quantitative estimate of drug-likeness (QED) is 0.112. The van der Waals surface area contributed by atoms with Crippen molar-refractivity contribution in [1.29, 1.82) is 0 Å². The summed E-state index contributed by atoms with van der Waals surface area (Å²) in [4.78, 5) is 57.6. The van der Waals surface area contributed by atoms with Crippen molar-refractivity contribution >= 4 is 45.3 Å². The van der Waals surface area contributed by atoms with Gasteiger partial charge in [0.25, 0.3) is 5.91 Å². The van der Waals surface area contributed by atoms with Crippen LogP contribution in [0.25, 0.3) is 21.9 Å². The molecular weight excluding hydrogens is 811 g/mol. The van der Waals surface area contributed by atoms with E-state index in [1.807, 2.05) is 23.0 Å². The second-order valence-electron chi connectivity index (χ2n) is 19.1. The first-order chi connectivity index (χ1) is 30.1. The number of nitrogens with one attached hydrogen (secondary N) is 2. The molecule has 4 aliphatic rings. The van der Waals surface area contributed by atoms with Gasteiger partial charge in [-0.05, 0) is 145 Å². The van der Waals surface area contributed by atoms with Gasteiger partial charge in [0, 0.05) is 48.9 Å². The molecule has 1 unspecified atom stereocenters. The van der Waals surface area contributed by atoms with E-state index in [0.717, 1.165) is 80.1 Å². The van der Waals surface area contributed by atoms with E-state index in [9.17, 15) is 33.1 Å². The minimum atomic E-state index is -3.07. The molecule has 4 fully saturated rings. The molecule has 9 rings (SSSR count). The number of aliphatic hydroxyl groups is 1. The number of anilines is 1. The van der Waals surface area contributed by atoms with Crippen LogP contribution in [0.5, 0.6) is 5.88 Å². The maximum atomic E-state index is 13.4. The Balaban J connectivity index is 0.756. The summed E-state index contributed by atoms with van der Waals surface area (Å²) in [5.74, 6) is -0.383. The molecule has 5 heterocycles. The molecule has 1 atom stereocenters. The van der Waals surface area contributed by atoms with Crippen LogP contribution in [0.3, 0.4) is 0 Å². The van der Waals surface area contributed by atoms with E-state index in [-0.39, 0.29) is 35.6 Å². The smallest absolute Gasteiger partial charge is 0.388 e. The fourth-order valence-electron chi connectivity index (χ4n) is 11.0. The number of carbonyl (C=O) groups excluding carboxylic acids is 3. The van der Waals surface area contributed by atoms with Crippen molar-refractivity contribution < 1.29 is 33.0 Å². The number of amides is 3. The van der Waals surface area contributed by atoms with Crippen molar-refractivity contribution in [3.05, 3.63) is 82.0 Å². The number of aromatic nitrogens is 5. The van der Waals surface area contributed by atoms with E-state index >= 15 is 0 Å². The Morgan fingerprint density at radius 1 is 1.02 bits per heavy atom. The van der Waals surface area contributed by atoms with Crippen LogP contribution in [0, 0.1) is 17.3 Å². The molecule has 3 amide bonds. The molecule has 14 nitrogen and oxygen atoms in total. The van der Waals surface area contributed by atoms with E-state index < -0.39 is 30.1 Å². The zero-order chi connectivity index (χ0) is 44.2. The van der Waals surface area contributed by atoms with Gasteiger partial charge >= 0.3 is 12.3 Å². The van der Waals surface area contributed by atoms with Crippen LogP contribution in [0.15, 0.2) is 59.5 Å². The number of aryl methyl sites for hydroxylation is 2. The van der Waals surface area contributed by atoms with E-state index in [0.29, 0.717) is 40.4 Å². The van der Waals surface area contributed by atoms with Crippen molar-refractivity contribution in [2.75, 3.05) is 25.0 Å². The fourth-order valence-corrected chi connectivity index (χ4v) is 11.0. The van der Waals surface area contributed by atoms with Gasteiger partial charge in [0.1, 0.15) is 11.7 Å². The van der Waals surface area contributed by atoms with E-state index in [1.54, 1.807) is 42.2 Å². The van der Waals surface area contributed by atoms with Gasteiger partial charge in [-0.15, -0.1) is 0 Å². The van der Waals surface area contributed by atoms with Crippen LogP contribution >= 0.6 is 0 Å². The second-order valence-corrected chi connectivity index (χ2v) is 19.1. The van der Waals surface area contributed by atoms with Crippen LogP contribution in [0.4, 0.5) is 14.5 Å². The number of likely N-dealkylation sites (tertiary alicyclic amines) is 1. The molecule has 16 heteroatoms. The summed E-state index contributed by atoms with van der Waals surface area (Å²) in [6.07, 6.45) is 13.8. The third-order valence-corrected chi connectivity index (χ3v) is 14.3. The summed E-state index contributed by atoms with van der Waals surface area (Å²) in [5, 5.41) is 22.0. The Bertz CT molecular complexity index is 2610. The standard InChI is InChI=1S/C47H56F2N8O6/c1-46(2,62)33-23-35-31(22-36(33)51-42(59)34-7-5-9-40(50-34)63-44(48)49)27-56(53-35)32-14-11-28(12-15-32)26-55-20-18-47(19-21-55)24-29(25-47)10-13-30-6-4-8-37-41(30)54(3)45(61)57(37)38-16-17-39(58)52-43(38)60/h4-9,22-23,27-29,32,38,44,62H,10-21,24-26H2,1-3H3,(H,51,59)(H,52,58,60). The number of nitrogens with zero attached hydrogens (tertiary/aromatic N) is 6. The maximum absolute atomic E-state index is 13.4. The highest BCUT2D eigenvalue weighted by atomic mass is 19.3. The monoisotopic (exact) mass is 866 g/mol. The number of hydrogen-bond acceptors (Lipinski definition) is 9. The number of ether oxygens (including phenoxy) is 1. The number of rotatable bonds is 12. The van der Waals surface area contributed by atoms with Gasteiger partial charge in [-0.25, -0.2) is 9.78 Å². The Morgan fingerprint density at radius 2 is 1.76 bits per heavy atom. The van der Waals surface area contributed by atoms with Crippen molar-refractivity contribution in [3.8, 4) is 5.88 Å². The Kier molecular flexibility index (Phi) is 11.5. The molecule has 2 aliphatic carbocycles. The van der Waals surface area contributed by atoms with Crippen molar-refractivity contribution in [3.63, 3.8) is 0 Å². The third kappa shape index (κ3) is 8.76. The largest absolute Gasteiger partial charge is 0.417 e. The first-order valence-electron chi connectivity index (χ1n) is 22.4. The van der Waals surface area contributed by atoms with Crippen LogP contribution in [0.2, 0.25) is 0 Å². The Morgan fingerprint density at radius 3 is 2.48 bits per heavy atom. The van der Waals surface area contributed by atoms with Crippen LogP contribution < -0.4 is 21.1 Å². The molecule has 0 radical (unpaired) electrons. The molecule has 3 aromatic heterocycles. The Labute approximate surface area is 364 Å². The first kappa shape index (κ1) is 42.8. The molecule has 3 N–H and O–H groups in total. The maximum Gasteiger partial charge on any atom is 0.388 e. The molecule has 2 aromatic carbocycles. The van der Waals surface area contributed by atoms with Crippen molar-refractivity contribution in [1.82, 2.24) is 34.1 Å². The lowest BCUT2D eigenvalue weighted by atomic mass is 9.56. The number of piperidine rings is 2. The lowest BCUT2D eigenvalue weighted by molar-refractivity contribution is -0.135. The van der Waals surface area contributed by atoms with Gasteiger partial charge in [0.15, 0.2) is 0 Å². The van der Waals surface area contributed by atoms with Gasteiger partial charge in [0.2, 0.25) is 17.7 Å². The summed E-state index contributed by atoms with van der Waals surface area (Å²) in [6.45, 7) is 3.60. The Hall–Kier alpha value is -5.48. The van der Waals surface area contributed by atoms with Gasteiger partial charge in [0.05, 0.1) is 28.2 Å². The van der Waals surface area contributed by atoms with Gasteiger partial charge in [-0.1, -0.05) is 18.2 Å². The minimum absolute atomic E-state index is 0.0974. The summed E-state index contributed by atoms with van der Waals surface area (Å²) >= 11 is 0. The normalized spacial score (nSPS) is 22.2. The van der Waals surface area contributed by atoms with E-state index in [1.165, 1.54) is 43.9 Å². The highest BCUT2D eigenvalue weighted by molar-refractivity contribution is 6.04. The molecule has 1 spiro atoms. The number of pyridine rings is 1. The van der Waals surface area contributed by atoms with Crippen molar-refractivity contribution in [2.45, 2.75) is 115 Å². The average molecular weight is 867 g/mol. The lowest BCUT2D eigenvalue weighted by Crippen LogP contribution is -2.48. The second kappa shape index (κ2) is 16.9. The van der Waals surface area contributed by atoms with E-state index in [4.69, 9.17) is 5.10 Å². The number of imidazole rings is 1. The molecular formula is C47H56F2N8O6. The number of para-hydroxylation sites is 1. The molecule has 63 heavy (non-hydrogen) atoms. The topological polar surface area (TPSA) is 166 Å². The van der Waals surface area contributed by atoms with Crippen LogP contribution in [0.1, 0.15) is 118 Å². The molecule has 2 saturated carbocycles. The number of alkyl halides is 2. The molecule has 2 aliphatic heterocycles. The van der Waals surface area contributed by atoms with E-state index in [2.05, 4.69) is 31.3 Å². The predicted molar refractivity (Wildman–Crippen MR) is 233 cm³/mol. The molecule has 0 bridgehead atoms. The molecule has 2 saturated heterocycles. The third-order valence-electron chi connectivity index (χ3n) is 14.3. The first-order valence-corrected chi connectivity index (χ1v) is 22.4. The zero-order valence-corrected chi connectivity index (χ0v) is 36.1. The average Bonchev–Trinajstić information content (AvgIpc) is 3.76. The number of halogens is 2. The number of fused-ring (bicyclic) bond motifs is 2. The minimum Gasteiger partial charge on any atom is -0.417 e. The van der Waals surface area contributed by atoms with Gasteiger partial charge < -0.3 is 20.1 Å². The van der Waals surface area contributed by atoms with Crippen LogP contribution in [-0.4, -0.2) is 77.9 Å². The highest BCUT2D eigenvalue weighted by Crippen LogP contribution is 2.54. The summed E-state index contributed by atoms with van der Waals surface area (Å²) < 4.78 is 35.1. The lowest BCUT2D eigenvalue weighted by Gasteiger charge is -2.53. The number of carbonyl (C=O) groups is 3.